The van der Waals surface area contributed by atoms with E-state index in [1.54, 1.807) is 12.3 Å². The number of pyridine rings is 1. The van der Waals surface area contributed by atoms with Crippen LogP contribution in [0.1, 0.15) is 17.5 Å². The second-order valence-electron chi connectivity index (χ2n) is 6.23. The molecule has 3 aromatic rings. The minimum Gasteiger partial charge on any atom is -0.489 e. The Balaban J connectivity index is 1.33. The van der Waals surface area contributed by atoms with E-state index in [0.29, 0.717) is 29.1 Å². The SMILES string of the molecule is Clc1ccc(COc2ccc(CNCCCOc3ccccn3)cc2)cc1Cl. The maximum absolute atomic E-state index is 6.02. The molecule has 0 saturated heterocycles. The Labute approximate surface area is 175 Å². The zero-order valence-electron chi connectivity index (χ0n) is 15.4. The van der Waals surface area contributed by atoms with E-state index in [-0.39, 0.29) is 0 Å². The Morgan fingerprint density at radius 1 is 0.857 bits per heavy atom. The molecule has 3 rings (SSSR count). The Morgan fingerprint density at radius 2 is 1.68 bits per heavy atom. The van der Waals surface area contributed by atoms with Crippen molar-refractivity contribution in [3.63, 3.8) is 0 Å². The summed E-state index contributed by atoms with van der Waals surface area (Å²) in [4.78, 5) is 4.13. The fourth-order valence-corrected chi connectivity index (χ4v) is 2.86. The predicted octanol–water partition coefficient (Wildman–Crippen LogP) is 5.53. The van der Waals surface area contributed by atoms with Crippen molar-refractivity contribution in [2.75, 3.05) is 13.2 Å². The zero-order chi connectivity index (χ0) is 19.6. The van der Waals surface area contributed by atoms with Crippen LogP contribution in [0.5, 0.6) is 11.6 Å². The third-order valence-corrected chi connectivity index (χ3v) is 4.77. The summed E-state index contributed by atoms with van der Waals surface area (Å²) in [5, 5.41) is 4.49. The van der Waals surface area contributed by atoms with E-state index < -0.39 is 0 Å². The number of halogens is 2. The molecule has 146 valence electrons. The highest BCUT2D eigenvalue weighted by molar-refractivity contribution is 6.42. The molecule has 0 aliphatic rings. The van der Waals surface area contributed by atoms with Crippen molar-refractivity contribution >= 4 is 23.2 Å². The second-order valence-corrected chi connectivity index (χ2v) is 7.04. The van der Waals surface area contributed by atoms with Crippen molar-refractivity contribution < 1.29 is 9.47 Å². The number of hydrogen-bond donors (Lipinski definition) is 1. The van der Waals surface area contributed by atoms with Crippen LogP contribution in [0.4, 0.5) is 0 Å². The molecule has 0 fully saturated rings. The molecule has 1 N–H and O–H groups in total. The first-order valence-corrected chi connectivity index (χ1v) is 9.86. The highest BCUT2D eigenvalue weighted by atomic mass is 35.5. The highest BCUT2D eigenvalue weighted by Gasteiger charge is 2.01. The van der Waals surface area contributed by atoms with E-state index in [9.17, 15) is 0 Å². The Kier molecular flexibility index (Phi) is 7.97. The van der Waals surface area contributed by atoms with Gasteiger partial charge in [-0.2, -0.15) is 0 Å². The van der Waals surface area contributed by atoms with Crippen LogP contribution >= 0.6 is 23.2 Å². The smallest absolute Gasteiger partial charge is 0.213 e. The first kappa shape index (κ1) is 20.5. The van der Waals surface area contributed by atoms with Crippen LogP contribution in [0, 0.1) is 0 Å². The number of benzene rings is 2. The van der Waals surface area contributed by atoms with E-state index >= 15 is 0 Å². The van der Waals surface area contributed by atoms with E-state index in [1.807, 2.05) is 42.5 Å². The standard InChI is InChI=1S/C22H22Cl2N2O2/c23-20-10-7-18(14-21(20)24)16-28-19-8-5-17(6-9-19)15-25-11-3-13-27-22-4-1-2-12-26-22/h1-2,4-10,12,14,25H,3,11,13,15-16H2. The van der Waals surface area contributed by atoms with Gasteiger partial charge in [-0.1, -0.05) is 47.5 Å². The molecule has 0 spiro atoms. The molecule has 0 aliphatic heterocycles. The fraction of sp³-hybridized carbons (Fsp3) is 0.227. The molecule has 0 bridgehead atoms. The van der Waals surface area contributed by atoms with Crippen molar-refractivity contribution in [1.82, 2.24) is 10.3 Å². The van der Waals surface area contributed by atoms with E-state index in [1.165, 1.54) is 5.56 Å². The average Bonchev–Trinajstić information content (AvgIpc) is 2.73. The summed E-state index contributed by atoms with van der Waals surface area (Å²) >= 11 is 11.9. The van der Waals surface area contributed by atoms with Gasteiger partial charge in [-0.05, 0) is 54.4 Å². The summed E-state index contributed by atoms with van der Waals surface area (Å²) in [6.07, 6.45) is 2.65. The van der Waals surface area contributed by atoms with Crippen LogP contribution in [-0.2, 0) is 13.2 Å². The molecule has 0 amide bonds. The van der Waals surface area contributed by atoms with Crippen molar-refractivity contribution in [1.29, 1.82) is 0 Å². The van der Waals surface area contributed by atoms with Crippen LogP contribution in [-0.4, -0.2) is 18.1 Å². The molecule has 28 heavy (non-hydrogen) atoms. The molecule has 0 saturated carbocycles. The minimum absolute atomic E-state index is 0.449. The van der Waals surface area contributed by atoms with E-state index in [0.717, 1.165) is 30.8 Å². The van der Waals surface area contributed by atoms with Gasteiger partial charge in [0.2, 0.25) is 5.88 Å². The van der Waals surface area contributed by atoms with Crippen LogP contribution in [0.2, 0.25) is 10.0 Å². The van der Waals surface area contributed by atoms with Gasteiger partial charge < -0.3 is 14.8 Å². The fourth-order valence-electron chi connectivity index (χ4n) is 2.54. The molecule has 2 aromatic carbocycles. The van der Waals surface area contributed by atoms with Crippen molar-refractivity contribution in [2.45, 2.75) is 19.6 Å². The van der Waals surface area contributed by atoms with Gasteiger partial charge in [0.05, 0.1) is 16.7 Å². The first-order valence-electron chi connectivity index (χ1n) is 9.11. The highest BCUT2D eigenvalue weighted by Crippen LogP contribution is 2.23. The number of rotatable bonds is 10. The maximum atomic E-state index is 6.02. The molecule has 1 aromatic heterocycles. The molecule has 0 unspecified atom stereocenters. The summed E-state index contributed by atoms with van der Waals surface area (Å²) in [6, 6.07) is 19.2. The number of ether oxygens (including phenoxy) is 2. The van der Waals surface area contributed by atoms with Crippen LogP contribution in [0.3, 0.4) is 0 Å². The van der Waals surface area contributed by atoms with E-state index in [4.69, 9.17) is 32.7 Å². The van der Waals surface area contributed by atoms with Gasteiger partial charge in [0.1, 0.15) is 12.4 Å². The topological polar surface area (TPSA) is 43.4 Å². The largest absolute Gasteiger partial charge is 0.489 e. The molecule has 0 atom stereocenters. The summed E-state index contributed by atoms with van der Waals surface area (Å²) in [6.45, 7) is 2.77. The quantitative estimate of drug-likeness (QED) is 0.441. The van der Waals surface area contributed by atoms with Gasteiger partial charge in [-0.3, -0.25) is 0 Å². The number of aromatic nitrogens is 1. The lowest BCUT2D eigenvalue weighted by Gasteiger charge is -2.09. The number of nitrogens with zero attached hydrogens (tertiary/aromatic N) is 1. The summed E-state index contributed by atoms with van der Waals surface area (Å²) in [5.41, 5.74) is 2.18. The van der Waals surface area contributed by atoms with E-state index in [2.05, 4.69) is 22.4 Å². The predicted molar refractivity (Wildman–Crippen MR) is 113 cm³/mol. The number of nitrogens with one attached hydrogen (secondary N) is 1. The zero-order valence-corrected chi connectivity index (χ0v) is 16.9. The third-order valence-electron chi connectivity index (χ3n) is 4.03. The Bertz CT molecular complexity index is 858. The van der Waals surface area contributed by atoms with Crippen LogP contribution in [0.15, 0.2) is 66.9 Å². The Hall–Kier alpha value is -2.27. The molecule has 6 heteroatoms. The summed E-state index contributed by atoms with van der Waals surface area (Å²) in [5.74, 6) is 1.48. The molecular weight excluding hydrogens is 395 g/mol. The summed E-state index contributed by atoms with van der Waals surface area (Å²) in [7, 11) is 0. The van der Waals surface area contributed by atoms with Crippen LogP contribution in [0.25, 0.3) is 0 Å². The molecule has 4 nitrogen and oxygen atoms in total. The number of hydrogen-bond acceptors (Lipinski definition) is 4. The molecule has 0 aliphatic carbocycles. The lowest BCUT2D eigenvalue weighted by Crippen LogP contribution is -2.17. The molecular formula is C22H22Cl2N2O2. The maximum Gasteiger partial charge on any atom is 0.213 e. The monoisotopic (exact) mass is 416 g/mol. The van der Waals surface area contributed by atoms with Crippen molar-refractivity contribution in [3.8, 4) is 11.6 Å². The Morgan fingerprint density at radius 3 is 2.43 bits per heavy atom. The van der Waals surface area contributed by atoms with Gasteiger partial charge >= 0.3 is 0 Å². The minimum atomic E-state index is 0.449. The van der Waals surface area contributed by atoms with Crippen LogP contribution < -0.4 is 14.8 Å². The first-order chi connectivity index (χ1) is 13.7. The summed E-state index contributed by atoms with van der Waals surface area (Å²) < 4.78 is 11.4. The van der Waals surface area contributed by atoms with Gasteiger partial charge in [0.15, 0.2) is 0 Å². The second kappa shape index (κ2) is 10.9. The van der Waals surface area contributed by atoms with Gasteiger partial charge in [0.25, 0.3) is 0 Å². The molecule has 0 radical (unpaired) electrons. The van der Waals surface area contributed by atoms with Crippen molar-refractivity contribution in [2.24, 2.45) is 0 Å². The van der Waals surface area contributed by atoms with Crippen molar-refractivity contribution in [3.05, 3.63) is 88.0 Å². The lowest BCUT2D eigenvalue weighted by molar-refractivity contribution is 0.296. The van der Waals surface area contributed by atoms with Gasteiger partial charge in [-0.25, -0.2) is 4.98 Å². The third kappa shape index (κ3) is 6.71. The average molecular weight is 417 g/mol. The molecule has 1 heterocycles. The lowest BCUT2D eigenvalue weighted by atomic mass is 10.2. The normalized spacial score (nSPS) is 10.6. The van der Waals surface area contributed by atoms with Gasteiger partial charge in [-0.15, -0.1) is 0 Å². The van der Waals surface area contributed by atoms with Gasteiger partial charge in [0, 0.05) is 18.8 Å².